The van der Waals surface area contributed by atoms with Crippen LogP contribution in [0, 0.1) is 0 Å². The van der Waals surface area contributed by atoms with Gasteiger partial charge in [0.1, 0.15) is 8.80 Å². The Balaban J connectivity index is 2.07. The lowest BCUT2D eigenvalue weighted by atomic mass is 10.1. The van der Waals surface area contributed by atoms with E-state index in [1.54, 1.807) is 16.3 Å². The highest BCUT2D eigenvalue weighted by Crippen LogP contribution is 2.35. The quantitative estimate of drug-likeness (QED) is 0.599. The van der Waals surface area contributed by atoms with Gasteiger partial charge in [0, 0.05) is 0 Å². The van der Waals surface area contributed by atoms with Crippen LogP contribution in [0.4, 0.5) is 0 Å². The van der Waals surface area contributed by atoms with Crippen molar-refractivity contribution in [1.29, 1.82) is 0 Å². The molecule has 0 bridgehead atoms. The molecule has 1 atom stereocenters. The Bertz CT molecular complexity index is 718. The van der Waals surface area contributed by atoms with E-state index < -0.39 is 8.80 Å². The summed E-state index contributed by atoms with van der Waals surface area (Å²) in [6.45, 7) is 8.67. The molecule has 0 nitrogen and oxygen atoms in total. The van der Waals surface area contributed by atoms with Crippen LogP contribution in [0.1, 0.15) is 37.8 Å². The van der Waals surface area contributed by atoms with E-state index in [4.69, 9.17) is 0 Å². The lowest BCUT2D eigenvalue weighted by Gasteiger charge is -2.14. The van der Waals surface area contributed by atoms with Gasteiger partial charge in [-0.1, -0.05) is 73.3 Å². The van der Waals surface area contributed by atoms with Crippen LogP contribution in [-0.2, 0) is 6.42 Å². The van der Waals surface area contributed by atoms with Crippen LogP contribution in [-0.4, -0.2) is 8.80 Å². The summed E-state index contributed by atoms with van der Waals surface area (Å²) in [5.41, 5.74) is 12.2. The van der Waals surface area contributed by atoms with Gasteiger partial charge in [-0.2, -0.15) is 0 Å². The fourth-order valence-corrected chi connectivity index (χ4v) is 6.06. The Labute approximate surface area is 135 Å². The van der Waals surface area contributed by atoms with Crippen molar-refractivity contribution in [3.63, 3.8) is 0 Å². The maximum atomic E-state index is 4.15. The van der Waals surface area contributed by atoms with E-state index in [1.807, 2.05) is 0 Å². The normalized spacial score (nSPS) is 13.2. The minimum absolute atomic E-state index is 1.08. The Kier molecular flexibility index (Phi) is 4.44. The van der Waals surface area contributed by atoms with Gasteiger partial charge in [-0.15, -0.1) is 6.58 Å². The molecule has 2 aromatic carbocycles. The molecule has 0 fully saturated rings. The Morgan fingerprint density at radius 2 is 1.77 bits per heavy atom. The largest absolute Gasteiger partial charge is 0.117 e. The molecular weight excluding hydrogens is 280 g/mol. The van der Waals surface area contributed by atoms with Crippen LogP contribution in [0.5, 0.6) is 0 Å². The third-order valence-corrected chi connectivity index (χ3v) is 7.42. The van der Waals surface area contributed by atoms with Gasteiger partial charge in [-0.05, 0) is 46.7 Å². The number of allylic oxidation sites excluding steroid dienone is 1. The highest BCUT2D eigenvalue weighted by molar-refractivity contribution is 6.82. The maximum Gasteiger partial charge on any atom is 0.117 e. The molecule has 0 saturated carbocycles. The molecule has 0 aromatic heterocycles. The van der Waals surface area contributed by atoms with Crippen molar-refractivity contribution in [1.82, 2.24) is 0 Å². The van der Waals surface area contributed by atoms with Gasteiger partial charge in [-0.3, -0.25) is 0 Å². The van der Waals surface area contributed by atoms with Gasteiger partial charge in [-0.25, -0.2) is 0 Å². The van der Waals surface area contributed by atoms with E-state index in [0.717, 1.165) is 19.3 Å². The smallest absolute Gasteiger partial charge is 0.107 e. The Morgan fingerprint density at radius 1 is 1.05 bits per heavy atom. The van der Waals surface area contributed by atoms with Crippen LogP contribution < -0.4 is 5.19 Å². The zero-order chi connectivity index (χ0) is 15.5. The average molecular weight is 305 g/mol. The number of fused-ring (bicyclic) bond motifs is 3. The maximum absolute atomic E-state index is 4.15. The SMILES string of the molecule is C=C[SiH](C=C(CC)CC)c1cccc2c1Cc1ccccc1-2. The molecule has 1 aliphatic rings. The van der Waals surface area contributed by atoms with Crippen molar-refractivity contribution < 1.29 is 0 Å². The fraction of sp³-hybridized carbons (Fsp3) is 0.238. The monoisotopic (exact) mass is 304 g/mol. The van der Waals surface area contributed by atoms with Crippen molar-refractivity contribution in [2.24, 2.45) is 0 Å². The highest BCUT2D eigenvalue weighted by atomic mass is 28.3. The summed E-state index contributed by atoms with van der Waals surface area (Å²) >= 11 is 0. The van der Waals surface area contributed by atoms with Gasteiger partial charge < -0.3 is 0 Å². The van der Waals surface area contributed by atoms with E-state index in [-0.39, 0.29) is 0 Å². The highest BCUT2D eigenvalue weighted by Gasteiger charge is 2.22. The average Bonchev–Trinajstić information content (AvgIpc) is 2.95. The molecule has 0 N–H and O–H groups in total. The number of hydrogen-bond acceptors (Lipinski definition) is 0. The van der Waals surface area contributed by atoms with Gasteiger partial charge in [0.15, 0.2) is 0 Å². The van der Waals surface area contributed by atoms with Crippen molar-refractivity contribution in [3.05, 3.63) is 77.1 Å². The summed E-state index contributed by atoms with van der Waals surface area (Å²) in [7, 11) is -1.24. The molecule has 3 rings (SSSR count). The molecule has 1 unspecified atom stereocenters. The summed E-state index contributed by atoms with van der Waals surface area (Å²) in [5.74, 6) is 0. The van der Waals surface area contributed by atoms with Crippen molar-refractivity contribution >= 4 is 14.0 Å². The zero-order valence-electron chi connectivity index (χ0n) is 13.6. The van der Waals surface area contributed by atoms with E-state index in [9.17, 15) is 0 Å². The summed E-state index contributed by atoms with van der Waals surface area (Å²) < 4.78 is 0. The molecular formula is C21H24Si. The predicted octanol–water partition coefficient (Wildman–Crippen LogP) is 4.70. The molecule has 22 heavy (non-hydrogen) atoms. The van der Waals surface area contributed by atoms with Crippen molar-refractivity contribution in [2.45, 2.75) is 33.1 Å². The molecule has 2 aromatic rings. The van der Waals surface area contributed by atoms with Gasteiger partial charge in [0.25, 0.3) is 0 Å². The number of rotatable bonds is 5. The molecule has 0 heterocycles. The number of hydrogen-bond donors (Lipinski definition) is 0. The molecule has 0 spiro atoms. The van der Waals surface area contributed by atoms with E-state index in [2.05, 4.69) is 74.3 Å². The zero-order valence-corrected chi connectivity index (χ0v) is 14.8. The Hall–Kier alpha value is -1.86. The van der Waals surface area contributed by atoms with Gasteiger partial charge in [0.05, 0.1) is 0 Å². The van der Waals surface area contributed by atoms with Gasteiger partial charge >= 0.3 is 0 Å². The second-order valence-corrected chi connectivity index (χ2v) is 8.48. The molecule has 0 radical (unpaired) electrons. The second kappa shape index (κ2) is 6.49. The van der Waals surface area contributed by atoms with Crippen molar-refractivity contribution in [2.75, 3.05) is 0 Å². The molecule has 0 saturated heterocycles. The topological polar surface area (TPSA) is 0 Å². The second-order valence-electron chi connectivity index (χ2n) is 6.00. The lowest BCUT2D eigenvalue weighted by Crippen LogP contribution is -2.30. The van der Waals surface area contributed by atoms with Crippen molar-refractivity contribution in [3.8, 4) is 11.1 Å². The Morgan fingerprint density at radius 3 is 2.50 bits per heavy atom. The van der Waals surface area contributed by atoms with E-state index in [1.165, 1.54) is 16.7 Å². The molecule has 112 valence electrons. The summed E-state index contributed by atoms with van der Waals surface area (Å²) in [5, 5.41) is 1.56. The van der Waals surface area contributed by atoms with Gasteiger partial charge in [0.2, 0.25) is 0 Å². The predicted molar refractivity (Wildman–Crippen MR) is 100 cm³/mol. The third-order valence-electron chi connectivity index (χ3n) is 4.82. The molecule has 1 aliphatic carbocycles. The molecule has 1 heteroatoms. The first-order valence-electron chi connectivity index (χ1n) is 8.30. The summed E-state index contributed by atoms with van der Waals surface area (Å²) in [6, 6.07) is 15.7. The van der Waals surface area contributed by atoms with Crippen LogP contribution in [0.25, 0.3) is 11.1 Å². The van der Waals surface area contributed by atoms with Crippen LogP contribution in [0.3, 0.4) is 0 Å². The minimum atomic E-state index is -1.24. The first kappa shape index (κ1) is 15.0. The third kappa shape index (κ3) is 2.61. The molecule has 0 amide bonds. The van der Waals surface area contributed by atoms with Crippen LogP contribution >= 0.6 is 0 Å². The lowest BCUT2D eigenvalue weighted by molar-refractivity contribution is 0.982. The van der Waals surface area contributed by atoms with Crippen LogP contribution in [0.2, 0.25) is 0 Å². The number of benzene rings is 2. The van der Waals surface area contributed by atoms with E-state index in [0.29, 0.717) is 0 Å². The standard InChI is InChI=1S/C21H24Si/c1-4-16(5-2)15-22(6-3)21-13-9-12-19-18-11-8-7-10-17(18)14-20(19)21/h6-13,15,22H,3-5,14H2,1-2H3. The van der Waals surface area contributed by atoms with Crippen LogP contribution in [0.15, 0.2) is 66.0 Å². The van der Waals surface area contributed by atoms with E-state index >= 15 is 0 Å². The molecule has 0 aliphatic heterocycles. The first-order valence-corrected chi connectivity index (χ1v) is 10.2. The summed E-state index contributed by atoms with van der Waals surface area (Å²) in [4.78, 5) is 0. The minimum Gasteiger partial charge on any atom is -0.107 e. The fourth-order valence-electron chi connectivity index (χ4n) is 3.52. The first-order chi connectivity index (χ1) is 10.8. The summed E-state index contributed by atoms with van der Waals surface area (Å²) in [6.07, 6.45) is 3.40.